The van der Waals surface area contributed by atoms with Crippen molar-refractivity contribution < 1.29 is 18.3 Å². The SMILES string of the molecule is CCCCS(=O)(=O)C1(N)CCCCN1C(=O)O. The van der Waals surface area contributed by atoms with E-state index in [1.807, 2.05) is 6.92 Å². The third kappa shape index (κ3) is 2.71. The van der Waals surface area contributed by atoms with Crippen LogP contribution in [0.15, 0.2) is 0 Å². The zero-order chi connectivity index (χ0) is 13.1. The molecule has 100 valence electrons. The number of amides is 1. The van der Waals surface area contributed by atoms with Gasteiger partial charge in [-0.1, -0.05) is 13.3 Å². The van der Waals surface area contributed by atoms with E-state index in [0.29, 0.717) is 19.3 Å². The number of hydrogen-bond donors (Lipinski definition) is 2. The third-order valence-electron chi connectivity index (χ3n) is 3.16. The molecule has 1 unspecified atom stereocenters. The Bertz CT molecular complexity index is 382. The number of likely N-dealkylation sites (tertiary alicyclic amines) is 1. The number of hydrogen-bond acceptors (Lipinski definition) is 4. The molecular formula is C10H20N2O4S. The van der Waals surface area contributed by atoms with Crippen LogP contribution >= 0.6 is 0 Å². The van der Waals surface area contributed by atoms with E-state index in [4.69, 9.17) is 10.8 Å². The maximum absolute atomic E-state index is 12.2. The molecule has 1 heterocycles. The quantitative estimate of drug-likeness (QED) is 0.788. The van der Waals surface area contributed by atoms with Crippen LogP contribution in [0.3, 0.4) is 0 Å². The van der Waals surface area contributed by atoms with Crippen molar-refractivity contribution in [3.05, 3.63) is 0 Å². The summed E-state index contributed by atoms with van der Waals surface area (Å²) in [7, 11) is -3.62. The van der Waals surface area contributed by atoms with Crippen LogP contribution in [0, 0.1) is 0 Å². The van der Waals surface area contributed by atoms with Gasteiger partial charge >= 0.3 is 6.09 Å². The highest BCUT2D eigenvalue weighted by Crippen LogP contribution is 2.29. The second-order valence-electron chi connectivity index (χ2n) is 4.41. The van der Waals surface area contributed by atoms with Crippen LogP contribution in [0.5, 0.6) is 0 Å². The van der Waals surface area contributed by atoms with Crippen molar-refractivity contribution >= 4 is 15.9 Å². The summed E-state index contributed by atoms with van der Waals surface area (Å²) in [6.07, 6.45) is 1.48. The molecule has 0 aliphatic carbocycles. The Morgan fingerprint density at radius 1 is 1.47 bits per heavy atom. The summed E-state index contributed by atoms with van der Waals surface area (Å²) in [5.74, 6) is -0.0518. The lowest BCUT2D eigenvalue weighted by molar-refractivity contribution is 0.0907. The van der Waals surface area contributed by atoms with Gasteiger partial charge in [0.25, 0.3) is 0 Å². The third-order valence-corrected chi connectivity index (χ3v) is 5.49. The van der Waals surface area contributed by atoms with E-state index >= 15 is 0 Å². The minimum atomic E-state index is -3.62. The van der Waals surface area contributed by atoms with Crippen LogP contribution in [0.2, 0.25) is 0 Å². The maximum Gasteiger partial charge on any atom is 0.409 e. The molecule has 1 rings (SSSR count). The zero-order valence-corrected chi connectivity index (χ0v) is 10.9. The van der Waals surface area contributed by atoms with Gasteiger partial charge in [0, 0.05) is 6.54 Å². The van der Waals surface area contributed by atoms with Gasteiger partial charge in [-0.3, -0.25) is 10.6 Å². The molecule has 0 spiro atoms. The van der Waals surface area contributed by atoms with Crippen molar-refractivity contribution in [2.45, 2.75) is 44.0 Å². The van der Waals surface area contributed by atoms with E-state index in [0.717, 1.165) is 11.3 Å². The monoisotopic (exact) mass is 264 g/mol. The van der Waals surface area contributed by atoms with E-state index in [9.17, 15) is 13.2 Å². The van der Waals surface area contributed by atoms with Gasteiger partial charge in [-0.2, -0.15) is 0 Å². The molecule has 1 fully saturated rings. The number of carboxylic acid groups (broad SMARTS) is 1. The minimum absolute atomic E-state index is 0.0518. The Labute approximate surface area is 102 Å². The van der Waals surface area contributed by atoms with Gasteiger partial charge in [-0.25, -0.2) is 13.2 Å². The fourth-order valence-electron chi connectivity index (χ4n) is 2.06. The molecule has 0 aromatic carbocycles. The van der Waals surface area contributed by atoms with Crippen molar-refractivity contribution in [3.8, 4) is 0 Å². The van der Waals surface area contributed by atoms with Crippen LogP contribution < -0.4 is 5.73 Å². The largest absolute Gasteiger partial charge is 0.465 e. The molecule has 1 saturated heterocycles. The molecule has 3 N–H and O–H groups in total. The zero-order valence-electron chi connectivity index (χ0n) is 10.1. The lowest BCUT2D eigenvalue weighted by Crippen LogP contribution is -2.65. The van der Waals surface area contributed by atoms with Gasteiger partial charge in [0.15, 0.2) is 14.8 Å². The topological polar surface area (TPSA) is 101 Å². The van der Waals surface area contributed by atoms with Crippen LogP contribution in [0.1, 0.15) is 39.0 Å². The second-order valence-corrected chi connectivity index (χ2v) is 6.75. The van der Waals surface area contributed by atoms with Crippen molar-refractivity contribution in [2.24, 2.45) is 5.73 Å². The predicted molar refractivity (Wildman–Crippen MR) is 64.2 cm³/mol. The molecule has 1 aliphatic heterocycles. The van der Waals surface area contributed by atoms with E-state index in [1.54, 1.807) is 0 Å². The average molecular weight is 264 g/mol. The van der Waals surface area contributed by atoms with Crippen LogP contribution in [0.25, 0.3) is 0 Å². The minimum Gasteiger partial charge on any atom is -0.465 e. The number of unbranched alkanes of at least 4 members (excludes halogenated alkanes) is 1. The summed E-state index contributed by atoms with van der Waals surface area (Å²) in [5.41, 5.74) is 5.88. The molecule has 7 heteroatoms. The molecular weight excluding hydrogens is 244 g/mol. The Hall–Kier alpha value is -0.820. The highest BCUT2D eigenvalue weighted by molar-refractivity contribution is 7.92. The van der Waals surface area contributed by atoms with Crippen molar-refractivity contribution in [1.29, 1.82) is 0 Å². The molecule has 0 radical (unpaired) electrons. The Morgan fingerprint density at radius 2 is 2.12 bits per heavy atom. The Balaban J connectivity index is 3.00. The molecule has 0 bridgehead atoms. The molecule has 0 aromatic rings. The Morgan fingerprint density at radius 3 is 2.65 bits per heavy atom. The molecule has 0 saturated carbocycles. The summed E-state index contributed by atoms with van der Waals surface area (Å²) in [5, 5.41) is 9.04. The maximum atomic E-state index is 12.2. The first-order chi connectivity index (χ1) is 7.85. The molecule has 1 atom stereocenters. The normalized spacial score (nSPS) is 25.9. The lowest BCUT2D eigenvalue weighted by atomic mass is 10.1. The number of sulfone groups is 1. The fourth-order valence-corrected chi connectivity index (χ4v) is 4.05. The van der Waals surface area contributed by atoms with E-state index < -0.39 is 20.9 Å². The summed E-state index contributed by atoms with van der Waals surface area (Å²) >= 11 is 0. The van der Waals surface area contributed by atoms with Crippen molar-refractivity contribution in [3.63, 3.8) is 0 Å². The van der Waals surface area contributed by atoms with E-state index in [2.05, 4.69) is 0 Å². The lowest BCUT2D eigenvalue weighted by Gasteiger charge is -2.41. The van der Waals surface area contributed by atoms with Gasteiger partial charge in [0.2, 0.25) is 0 Å². The van der Waals surface area contributed by atoms with E-state index in [1.165, 1.54) is 0 Å². The smallest absolute Gasteiger partial charge is 0.409 e. The number of nitrogens with two attached hydrogens (primary N) is 1. The van der Waals surface area contributed by atoms with Crippen LogP contribution in [0.4, 0.5) is 4.79 Å². The highest BCUT2D eigenvalue weighted by Gasteiger charge is 2.48. The van der Waals surface area contributed by atoms with Gasteiger partial charge < -0.3 is 5.11 Å². The highest BCUT2D eigenvalue weighted by atomic mass is 32.2. The van der Waals surface area contributed by atoms with Crippen LogP contribution in [-0.4, -0.2) is 41.8 Å². The average Bonchev–Trinajstić information content (AvgIpc) is 2.26. The summed E-state index contributed by atoms with van der Waals surface area (Å²) in [6.45, 7) is 2.08. The Kier molecular flexibility index (Phi) is 4.37. The number of carbonyl (C=O) groups is 1. The molecule has 6 nitrogen and oxygen atoms in total. The van der Waals surface area contributed by atoms with Gasteiger partial charge in [-0.15, -0.1) is 0 Å². The van der Waals surface area contributed by atoms with Crippen molar-refractivity contribution in [1.82, 2.24) is 4.90 Å². The van der Waals surface area contributed by atoms with Crippen LogP contribution in [-0.2, 0) is 9.84 Å². The van der Waals surface area contributed by atoms with Gasteiger partial charge in [-0.05, 0) is 25.7 Å². The number of piperidine rings is 1. The fraction of sp³-hybridized carbons (Fsp3) is 0.900. The predicted octanol–water partition coefficient (Wildman–Crippen LogP) is 0.978. The number of nitrogens with zero attached hydrogens (tertiary/aromatic N) is 1. The first-order valence-electron chi connectivity index (χ1n) is 5.87. The standard InChI is InChI=1S/C10H20N2O4S/c1-2-3-8-17(15,16)10(11)6-4-5-7-12(10)9(13)14/h2-8,11H2,1H3,(H,13,14). The summed E-state index contributed by atoms with van der Waals surface area (Å²) in [6, 6.07) is 0. The van der Waals surface area contributed by atoms with Gasteiger partial charge in [0.1, 0.15) is 0 Å². The molecule has 17 heavy (non-hydrogen) atoms. The van der Waals surface area contributed by atoms with Gasteiger partial charge in [0.05, 0.1) is 5.75 Å². The van der Waals surface area contributed by atoms with Crippen molar-refractivity contribution in [2.75, 3.05) is 12.3 Å². The number of rotatable bonds is 4. The second kappa shape index (κ2) is 5.22. The first kappa shape index (κ1) is 14.2. The first-order valence-corrected chi connectivity index (χ1v) is 7.52. The molecule has 1 aliphatic rings. The summed E-state index contributed by atoms with van der Waals surface area (Å²) in [4.78, 5) is 10.2. The van der Waals surface area contributed by atoms with E-state index in [-0.39, 0.29) is 18.7 Å². The summed E-state index contributed by atoms with van der Waals surface area (Å²) < 4.78 is 24.3. The molecule has 0 aromatic heterocycles. The molecule has 1 amide bonds.